The molecular weight excluding hydrogens is 222 g/mol. The van der Waals surface area contributed by atoms with E-state index in [1.54, 1.807) is 4.90 Å². The summed E-state index contributed by atoms with van der Waals surface area (Å²) in [5.74, 6) is -1.59. The zero-order valence-electron chi connectivity index (χ0n) is 10.5. The molecule has 1 N–H and O–H groups in total. The number of likely N-dealkylation sites (tertiary alicyclic amines) is 1. The molecule has 0 aliphatic carbocycles. The summed E-state index contributed by atoms with van der Waals surface area (Å²) in [5, 5.41) is 9.64. The van der Waals surface area contributed by atoms with E-state index in [0.717, 1.165) is 25.7 Å². The van der Waals surface area contributed by atoms with E-state index < -0.39 is 18.0 Å². The number of hydrogen-bond donors (Lipinski definition) is 1. The normalized spacial score (nSPS) is 24.2. The van der Waals surface area contributed by atoms with Gasteiger partial charge in [0.05, 0.1) is 7.11 Å². The highest BCUT2D eigenvalue weighted by Crippen LogP contribution is 2.20. The van der Waals surface area contributed by atoms with Crippen LogP contribution in [0.5, 0.6) is 0 Å². The minimum absolute atomic E-state index is 0.277. The molecule has 1 rings (SSSR count). The van der Waals surface area contributed by atoms with Crippen LogP contribution in [-0.4, -0.2) is 48.2 Å². The third kappa shape index (κ3) is 3.43. The first kappa shape index (κ1) is 14.0. The minimum Gasteiger partial charge on any atom is -0.469 e. The highest BCUT2D eigenvalue weighted by Gasteiger charge is 2.43. The Hall–Kier alpha value is -1.10. The molecule has 0 spiro atoms. The molecule has 0 bridgehead atoms. The summed E-state index contributed by atoms with van der Waals surface area (Å²) >= 11 is 0. The predicted molar refractivity (Wildman–Crippen MR) is 62.2 cm³/mol. The van der Waals surface area contributed by atoms with Crippen LogP contribution in [0.4, 0.5) is 0 Å². The Labute approximate surface area is 102 Å². The van der Waals surface area contributed by atoms with Gasteiger partial charge in [0.25, 0.3) is 5.91 Å². The molecule has 1 amide bonds. The van der Waals surface area contributed by atoms with Gasteiger partial charge in [0.2, 0.25) is 0 Å². The van der Waals surface area contributed by atoms with Gasteiger partial charge in [-0.3, -0.25) is 9.59 Å². The fraction of sp³-hybridized carbons (Fsp3) is 0.833. The lowest BCUT2D eigenvalue weighted by Crippen LogP contribution is -2.31. The van der Waals surface area contributed by atoms with E-state index >= 15 is 0 Å². The monoisotopic (exact) mass is 243 g/mol. The molecule has 17 heavy (non-hydrogen) atoms. The van der Waals surface area contributed by atoms with Gasteiger partial charge in [-0.25, -0.2) is 0 Å². The van der Waals surface area contributed by atoms with Crippen molar-refractivity contribution in [2.75, 3.05) is 20.2 Å². The summed E-state index contributed by atoms with van der Waals surface area (Å²) in [7, 11) is 1.27. The SMILES string of the molecule is CCCCCCN1CC(C(=O)OC)C(O)C1=O. The van der Waals surface area contributed by atoms with Crippen molar-refractivity contribution in [2.45, 2.75) is 38.7 Å². The van der Waals surface area contributed by atoms with Gasteiger partial charge in [-0.2, -0.15) is 0 Å². The van der Waals surface area contributed by atoms with Crippen LogP contribution in [0.25, 0.3) is 0 Å². The van der Waals surface area contributed by atoms with E-state index in [-0.39, 0.29) is 12.5 Å². The van der Waals surface area contributed by atoms with E-state index in [1.807, 2.05) is 0 Å². The highest BCUT2D eigenvalue weighted by atomic mass is 16.5. The van der Waals surface area contributed by atoms with Gasteiger partial charge < -0.3 is 14.7 Å². The van der Waals surface area contributed by atoms with Crippen LogP contribution in [0, 0.1) is 5.92 Å². The number of esters is 1. The Bertz CT molecular complexity index is 280. The largest absolute Gasteiger partial charge is 0.469 e. The minimum atomic E-state index is -1.23. The number of hydrogen-bond acceptors (Lipinski definition) is 4. The van der Waals surface area contributed by atoms with Crippen LogP contribution in [0.1, 0.15) is 32.6 Å². The fourth-order valence-corrected chi connectivity index (χ4v) is 2.07. The van der Waals surface area contributed by atoms with Crippen molar-refractivity contribution in [2.24, 2.45) is 5.92 Å². The number of carbonyl (C=O) groups excluding carboxylic acids is 2. The molecule has 0 aromatic heterocycles. The van der Waals surface area contributed by atoms with E-state index in [9.17, 15) is 14.7 Å². The van der Waals surface area contributed by atoms with Crippen LogP contribution in [-0.2, 0) is 14.3 Å². The van der Waals surface area contributed by atoms with Crippen molar-refractivity contribution in [3.63, 3.8) is 0 Å². The third-order valence-electron chi connectivity index (χ3n) is 3.15. The maximum atomic E-state index is 11.7. The average Bonchev–Trinajstić information content (AvgIpc) is 2.62. The molecule has 5 nitrogen and oxygen atoms in total. The van der Waals surface area contributed by atoms with Crippen molar-refractivity contribution in [3.8, 4) is 0 Å². The molecule has 1 aliphatic rings. The molecule has 0 saturated carbocycles. The van der Waals surface area contributed by atoms with Crippen molar-refractivity contribution in [1.29, 1.82) is 0 Å². The summed E-state index contributed by atoms with van der Waals surface area (Å²) in [6, 6.07) is 0. The van der Waals surface area contributed by atoms with Gasteiger partial charge in [0, 0.05) is 13.1 Å². The molecule has 1 heterocycles. The van der Waals surface area contributed by atoms with Gasteiger partial charge in [-0.05, 0) is 6.42 Å². The van der Waals surface area contributed by atoms with Gasteiger partial charge in [-0.15, -0.1) is 0 Å². The Morgan fingerprint density at radius 1 is 1.47 bits per heavy atom. The number of nitrogens with zero attached hydrogens (tertiary/aromatic N) is 1. The number of aliphatic hydroxyl groups is 1. The van der Waals surface area contributed by atoms with Crippen LogP contribution in [0.3, 0.4) is 0 Å². The first-order valence-corrected chi connectivity index (χ1v) is 6.16. The zero-order valence-corrected chi connectivity index (χ0v) is 10.5. The zero-order chi connectivity index (χ0) is 12.8. The Kier molecular flexibility index (Phi) is 5.41. The molecular formula is C12H21NO4. The number of carbonyl (C=O) groups is 2. The number of methoxy groups -OCH3 is 1. The van der Waals surface area contributed by atoms with E-state index in [4.69, 9.17) is 0 Å². The lowest BCUT2D eigenvalue weighted by Gasteiger charge is -2.15. The van der Waals surface area contributed by atoms with Crippen molar-refractivity contribution in [3.05, 3.63) is 0 Å². The molecule has 5 heteroatoms. The molecule has 2 atom stereocenters. The van der Waals surface area contributed by atoms with E-state index in [2.05, 4.69) is 11.7 Å². The Balaban J connectivity index is 2.42. The number of amides is 1. The summed E-state index contributed by atoms with van der Waals surface area (Å²) in [6.07, 6.45) is 3.04. The standard InChI is InChI=1S/C12H21NO4/c1-3-4-5-6-7-13-8-9(12(16)17-2)10(14)11(13)15/h9-10,14H,3-8H2,1-2H3. The van der Waals surface area contributed by atoms with Crippen LogP contribution in [0.15, 0.2) is 0 Å². The predicted octanol–water partition coefficient (Wildman–Crippen LogP) is 0.559. The number of ether oxygens (including phenoxy) is 1. The summed E-state index contributed by atoms with van der Waals surface area (Å²) in [6.45, 7) is 3.01. The molecule has 2 unspecified atom stereocenters. The van der Waals surface area contributed by atoms with Crippen molar-refractivity contribution >= 4 is 11.9 Å². The van der Waals surface area contributed by atoms with E-state index in [0.29, 0.717) is 6.54 Å². The molecule has 0 aromatic rings. The maximum Gasteiger partial charge on any atom is 0.313 e. The maximum absolute atomic E-state index is 11.7. The van der Waals surface area contributed by atoms with Crippen LogP contribution < -0.4 is 0 Å². The number of unbranched alkanes of at least 4 members (excludes halogenated alkanes) is 3. The molecule has 1 saturated heterocycles. The number of rotatable bonds is 6. The summed E-state index contributed by atoms with van der Waals surface area (Å²) < 4.78 is 4.57. The van der Waals surface area contributed by atoms with E-state index in [1.165, 1.54) is 7.11 Å². The molecule has 0 radical (unpaired) electrons. The summed E-state index contributed by atoms with van der Waals surface area (Å²) in [4.78, 5) is 24.6. The Morgan fingerprint density at radius 2 is 2.18 bits per heavy atom. The van der Waals surface area contributed by atoms with Gasteiger partial charge >= 0.3 is 5.97 Å². The van der Waals surface area contributed by atoms with Gasteiger partial charge in [0.15, 0.2) is 0 Å². The molecule has 1 fully saturated rings. The van der Waals surface area contributed by atoms with Crippen LogP contribution in [0.2, 0.25) is 0 Å². The van der Waals surface area contributed by atoms with Crippen molar-refractivity contribution < 1.29 is 19.4 Å². The first-order valence-electron chi connectivity index (χ1n) is 6.16. The topological polar surface area (TPSA) is 66.8 Å². The van der Waals surface area contributed by atoms with Crippen molar-refractivity contribution in [1.82, 2.24) is 4.90 Å². The second-order valence-electron chi connectivity index (χ2n) is 4.42. The lowest BCUT2D eigenvalue weighted by molar-refractivity contribution is -0.149. The number of aliphatic hydroxyl groups excluding tert-OH is 1. The first-order chi connectivity index (χ1) is 8.11. The Morgan fingerprint density at radius 3 is 2.76 bits per heavy atom. The average molecular weight is 243 g/mol. The second kappa shape index (κ2) is 6.59. The fourth-order valence-electron chi connectivity index (χ4n) is 2.07. The van der Waals surface area contributed by atoms with Gasteiger partial charge in [-0.1, -0.05) is 26.2 Å². The second-order valence-corrected chi connectivity index (χ2v) is 4.42. The van der Waals surface area contributed by atoms with Crippen LogP contribution >= 0.6 is 0 Å². The molecule has 0 aromatic carbocycles. The van der Waals surface area contributed by atoms with Gasteiger partial charge in [0.1, 0.15) is 12.0 Å². The lowest BCUT2D eigenvalue weighted by atomic mass is 10.1. The quantitative estimate of drug-likeness (QED) is 0.547. The summed E-state index contributed by atoms with van der Waals surface area (Å²) in [5.41, 5.74) is 0. The smallest absolute Gasteiger partial charge is 0.313 e. The molecule has 1 aliphatic heterocycles. The molecule has 98 valence electrons. The highest BCUT2D eigenvalue weighted by molar-refractivity contribution is 5.90. The third-order valence-corrected chi connectivity index (χ3v) is 3.15.